The monoisotopic (exact) mass is 189 g/mol. The number of rotatable bonds is 1. The number of hydrogen-bond acceptors (Lipinski definition) is 2. The van der Waals surface area contributed by atoms with Crippen molar-refractivity contribution >= 4 is 15.9 Å². The maximum absolute atomic E-state index is 10.0. The zero-order valence-electron chi connectivity index (χ0n) is 4.50. The second-order valence-corrected chi connectivity index (χ2v) is 2.72. The van der Waals surface area contributed by atoms with Crippen LogP contribution in [0.1, 0.15) is 6.42 Å². The summed E-state index contributed by atoms with van der Waals surface area (Å²) >= 11 is 3.15. The van der Waals surface area contributed by atoms with E-state index in [1.54, 1.807) is 6.08 Å². The fraction of sp³-hybridized carbons (Fsp3) is 0.200. The van der Waals surface area contributed by atoms with Crippen molar-refractivity contribution in [3.05, 3.63) is 32.4 Å². The summed E-state index contributed by atoms with van der Waals surface area (Å²) in [7, 11) is 0. The quantitative estimate of drug-likeness (QED) is 0.467. The van der Waals surface area contributed by atoms with Gasteiger partial charge in [0.1, 0.15) is 0 Å². The molecule has 0 N–H and O–H groups in total. The summed E-state index contributed by atoms with van der Waals surface area (Å²) in [5.41, 5.74) is 0.252. The molecule has 0 aromatic carbocycles. The highest BCUT2D eigenvalue weighted by molar-refractivity contribution is 9.11. The molecule has 0 aromatic rings. The van der Waals surface area contributed by atoms with Gasteiger partial charge in [0.15, 0.2) is 0 Å². The molecular formula is C5H4BrNO2. The lowest BCUT2D eigenvalue weighted by Gasteiger charge is -1.87. The zero-order chi connectivity index (χ0) is 6.85. The summed E-state index contributed by atoms with van der Waals surface area (Å²) in [5.74, 6) is 0. The number of allylic oxidation sites excluding steroid dienone is 3. The van der Waals surface area contributed by atoms with Crippen molar-refractivity contribution in [2.45, 2.75) is 6.42 Å². The van der Waals surface area contributed by atoms with Crippen molar-refractivity contribution in [1.29, 1.82) is 0 Å². The molecule has 0 aromatic heterocycles. The number of halogens is 1. The molecular weight excluding hydrogens is 186 g/mol. The predicted octanol–water partition coefficient (Wildman–Crippen LogP) is 1.83. The van der Waals surface area contributed by atoms with Crippen molar-refractivity contribution in [1.82, 2.24) is 0 Å². The van der Waals surface area contributed by atoms with Gasteiger partial charge in [0.25, 0.3) is 5.70 Å². The van der Waals surface area contributed by atoms with Gasteiger partial charge in [-0.3, -0.25) is 10.1 Å². The van der Waals surface area contributed by atoms with Crippen LogP contribution in [0, 0.1) is 10.1 Å². The minimum absolute atomic E-state index is 0.252. The first-order valence-electron chi connectivity index (χ1n) is 2.40. The fourth-order valence-corrected chi connectivity index (χ4v) is 1.02. The van der Waals surface area contributed by atoms with E-state index < -0.39 is 0 Å². The van der Waals surface area contributed by atoms with Crippen LogP contribution in [0.5, 0.6) is 0 Å². The van der Waals surface area contributed by atoms with Crippen LogP contribution in [0.25, 0.3) is 0 Å². The van der Waals surface area contributed by atoms with Crippen LogP contribution >= 0.6 is 15.9 Å². The summed E-state index contributed by atoms with van der Waals surface area (Å²) in [6.45, 7) is 0. The Kier molecular flexibility index (Phi) is 1.66. The van der Waals surface area contributed by atoms with E-state index in [9.17, 15) is 10.1 Å². The molecule has 9 heavy (non-hydrogen) atoms. The summed E-state index contributed by atoms with van der Waals surface area (Å²) in [4.78, 5) is 9.66. The lowest BCUT2D eigenvalue weighted by atomic mass is 10.4. The van der Waals surface area contributed by atoms with Gasteiger partial charge in [0.2, 0.25) is 0 Å². The van der Waals surface area contributed by atoms with Crippen LogP contribution in [-0.2, 0) is 0 Å². The molecule has 0 bridgehead atoms. The second kappa shape index (κ2) is 2.31. The van der Waals surface area contributed by atoms with Gasteiger partial charge in [-0.15, -0.1) is 0 Å². The summed E-state index contributed by atoms with van der Waals surface area (Å²) in [5, 5.41) is 10.0. The van der Waals surface area contributed by atoms with Crippen LogP contribution < -0.4 is 0 Å². The van der Waals surface area contributed by atoms with E-state index in [0.29, 0.717) is 6.42 Å². The minimum atomic E-state index is -0.370. The van der Waals surface area contributed by atoms with Crippen molar-refractivity contribution in [3.8, 4) is 0 Å². The topological polar surface area (TPSA) is 43.1 Å². The Balaban J connectivity index is 2.64. The summed E-state index contributed by atoms with van der Waals surface area (Å²) in [6.07, 6.45) is 3.62. The van der Waals surface area contributed by atoms with E-state index >= 15 is 0 Å². The average molecular weight is 190 g/mol. The Morgan fingerprint density at radius 1 is 1.67 bits per heavy atom. The normalized spacial score (nSPS) is 17.0. The second-order valence-electron chi connectivity index (χ2n) is 1.71. The number of nitro groups is 1. The minimum Gasteiger partial charge on any atom is -0.259 e. The van der Waals surface area contributed by atoms with Gasteiger partial charge < -0.3 is 0 Å². The molecule has 1 aliphatic rings. The Morgan fingerprint density at radius 2 is 2.33 bits per heavy atom. The maximum Gasteiger partial charge on any atom is 0.251 e. The van der Waals surface area contributed by atoms with Gasteiger partial charge in [0, 0.05) is 10.6 Å². The first kappa shape index (κ1) is 6.48. The Hall–Kier alpha value is -0.640. The van der Waals surface area contributed by atoms with Gasteiger partial charge >= 0.3 is 0 Å². The van der Waals surface area contributed by atoms with Crippen molar-refractivity contribution in [2.24, 2.45) is 0 Å². The lowest BCUT2D eigenvalue weighted by Crippen LogP contribution is -1.94. The third-order valence-electron chi connectivity index (χ3n) is 1.04. The first-order valence-corrected chi connectivity index (χ1v) is 3.19. The molecule has 0 unspecified atom stereocenters. The zero-order valence-corrected chi connectivity index (χ0v) is 6.09. The largest absolute Gasteiger partial charge is 0.259 e. The van der Waals surface area contributed by atoms with Gasteiger partial charge in [0.05, 0.1) is 11.3 Å². The molecule has 0 amide bonds. The van der Waals surface area contributed by atoms with Crippen LogP contribution in [0.4, 0.5) is 0 Å². The third-order valence-corrected chi connectivity index (χ3v) is 1.59. The third kappa shape index (κ3) is 1.38. The summed E-state index contributed by atoms with van der Waals surface area (Å²) in [6, 6.07) is 0. The van der Waals surface area contributed by atoms with Gasteiger partial charge in [-0.2, -0.15) is 0 Å². The molecule has 3 nitrogen and oxygen atoms in total. The molecule has 4 heteroatoms. The van der Waals surface area contributed by atoms with E-state index in [-0.39, 0.29) is 10.6 Å². The maximum atomic E-state index is 10.0. The van der Waals surface area contributed by atoms with E-state index in [0.717, 1.165) is 4.48 Å². The number of nitrogens with zero attached hydrogens (tertiary/aromatic N) is 1. The lowest BCUT2D eigenvalue weighted by molar-refractivity contribution is -0.426. The molecule has 0 saturated carbocycles. The van der Waals surface area contributed by atoms with Crippen molar-refractivity contribution < 1.29 is 4.92 Å². The van der Waals surface area contributed by atoms with Gasteiger partial charge in [-0.25, -0.2) is 0 Å². The molecule has 1 rings (SSSR count). The Labute approximate surface area is 60.3 Å². The fourth-order valence-electron chi connectivity index (χ4n) is 0.603. The first-order chi connectivity index (χ1) is 4.20. The summed E-state index contributed by atoms with van der Waals surface area (Å²) < 4.78 is 0.870. The molecule has 0 saturated heterocycles. The SMILES string of the molecule is O=[N+]([O-])C1=CC=C(Br)C1. The van der Waals surface area contributed by atoms with E-state index in [1.165, 1.54) is 6.08 Å². The highest BCUT2D eigenvalue weighted by atomic mass is 79.9. The molecule has 0 fully saturated rings. The number of hydrogen-bond donors (Lipinski definition) is 0. The molecule has 48 valence electrons. The smallest absolute Gasteiger partial charge is 0.251 e. The highest BCUT2D eigenvalue weighted by Crippen LogP contribution is 2.23. The molecule has 0 spiro atoms. The molecule has 0 atom stereocenters. The Bertz CT molecular complexity index is 207. The van der Waals surface area contributed by atoms with Crippen molar-refractivity contribution in [3.63, 3.8) is 0 Å². The van der Waals surface area contributed by atoms with E-state index in [2.05, 4.69) is 15.9 Å². The van der Waals surface area contributed by atoms with Crippen LogP contribution in [-0.4, -0.2) is 4.92 Å². The highest BCUT2D eigenvalue weighted by Gasteiger charge is 2.15. The van der Waals surface area contributed by atoms with Gasteiger partial charge in [-0.1, -0.05) is 15.9 Å². The van der Waals surface area contributed by atoms with E-state index in [1.807, 2.05) is 0 Å². The molecule has 0 aliphatic heterocycles. The van der Waals surface area contributed by atoms with Crippen LogP contribution in [0.3, 0.4) is 0 Å². The van der Waals surface area contributed by atoms with Crippen LogP contribution in [0.15, 0.2) is 22.3 Å². The Morgan fingerprint density at radius 3 is 2.56 bits per heavy atom. The van der Waals surface area contributed by atoms with Gasteiger partial charge in [-0.05, 0) is 6.08 Å². The standard InChI is InChI=1S/C5H4BrNO2/c6-4-1-2-5(3-4)7(8)9/h1-2H,3H2. The molecule has 0 heterocycles. The predicted molar refractivity (Wildman–Crippen MR) is 36.7 cm³/mol. The van der Waals surface area contributed by atoms with Crippen molar-refractivity contribution in [2.75, 3.05) is 0 Å². The molecule has 0 radical (unpaired) electrons. The average Bonchev–Trinajstić information content (AvgIpc) is 2.14. The van der Waals surface area contributed by atoms with Crippen LogP contribution in [0.2, 0.25) is 0 Å². The van der Waals surface area contributed by atoms with E-state index in [4.69, 9.17) is 0 Å². The molecule has 1 aliphatic carbocycles.